The van der Waals surface area contributed by atoms with Crippen molar-refractivity contribution in [2.45, 2.75) is 31.6 Å². The van der Waals surface area contributed by atoms with Crippen LogP contribution in [0.2, 0.25) is 0 Å². The highest BCUT2D eigenvalue weighted by atomic mass is 16.5. The molecule has 1 saturated heterocycles. The minimum atomic E-state index is -0.416. The summed E-state index contributed by atoms with van der Waals surface area (Å²) < 4.78 is 5.54. The summed E-state index contributed by atoms with van der Waals surface area (Å²) in [6.07, 6.45) is 1.09. The van der Waals surface area contributed by atoms with E-state index in [1.807, 2.05) is 6.07 Å². The third-order valence-electron chi connectivity index (χ3n) is 3.55. The van der Waals surface area contributed by atoms with E-state index in [0.29, 0.717) is 25.1 Å². The Labute approximate surface area is 124 Å². The summed E-state index contributed by atoms with van der Waals surface area (Å²) in [7, 11) is 1.59. The number of hydrogen-bond donors (Lipinski definition) is 3. The highest BCUT2D eigenvalue weighted by Crippen LogP contribution is 2.19. The van der Waals surface area contributed by atoms with Gasteiger partial charge in [0.1, 0.15) is 6.10 Å². The number of ether oxygens (including phenoxy) is 1. The fourth-order valence-electron chi connectivity index (χ4n) is 2.34. The number of amides is 2. The smallest absolute Gasteiger partial charge is 0.251 e. The average molecular weight is 291 g/mol. The van der Waals surface area contributed by atoms with Crippen molar-refractivity contribution >= 4 is 11.8 Å². The van der Waals surface area contributed by atoms with Gasteiger partial charge in [0.25, 0.3) is 5.91 Å². The van der Waals surface area contributed by atoms with E-state index >= 15 is 0 Å². The molecule has 1 fully saturated rings. The lowest BCUT2D eigenvalue weighted by Gasteiger charge is -2.13. The molecule has 0 unspecified atom stereocenters. The summed E-state index contributed by atoms with van der Waals surface area (Å²) in [5, 5.41) is 5.40. The Balaban J connectivity index is 1.88. The average Bonchev–Trinajstić information content (AvgIpc) is 3.01. The summed E-state index contributed by atoms with van der Waals surface area (Å²) in [5.74, 6) is -0.274. The van der Waals surface area contributed by atoms with Gasteiger partial charge in [-0.1, -0.05) is 12.1 Å². The molecule has 2 atom stereocenters. The first-order valence-electron chi connectivity index (χ1n) is 7.08. The number of nitrogens with two attached hydrogens (primary N) is 1. The molecule has 0 saturated carbocycles. The summed E-state index contributed by atoms with van der Waals surface area (Å²) in [4.78, 5) is 23.6. The van der Waals surface area contributed by atoms with Gasteiger partial charge in [-0.15, -0.1) is 0 Å². The van der Waals surface area contributed by atoms with Crippen LogP contribution in [-0.4, -0.2) is 37.6 Å². The molecule has 21 heavy (non-hydrogen) atoms. The number of carbonyl (C=O) groups excluding carboxylic acids is 2. The molecule has 1 heterocycles. The molecule has 1 aromatic carbocycles. The fourth-order valence-corrected chi connectivity index (χ4v) is 2.34. The quantitative estimate of drug-likeness (QED) is 0.721. The molecular formula is C15H21N3O3. The van der Waals surface area contributed by atoms with E-state index in [0.717, 1.165) is 12.0 Å². The Morgan fingerprint density at radius 3 is 2.86 bits per heavy atom. The van der Waals surface area contributed by atoms with Crippen LogP contribution >= 0.6 is 0 Å². The summed E-state index contributed by atoms with van der Waals surface area (Å²) in [5.41, 5.74) is 6.97. The van der Waals surface area contributed by atoms with Crippen molar-refractivity contribution < 1.29 is 14.3 Å². The van der Waals surface area contributed by atoms with E-state index in [4.69, 9.17) is 10.5 Å². The topological polar surface area (TPSA) is 93.5 Å². The number of nitrogens with one attached hydrogen (secondary N) is 2. The van der Waals surface area contributed by atoms with Gasteiger partial charge in [0.2, 0.25) is 5.91 Å². The van der Waals surface area contributed by atoms with Crippen LogP contribution in [0, 0.1) is 0 Å². The largest absolute Gasteiger partial charge is 0.364 e. The zero-order valence-electron chi connectivity index (χ0n) is 12.1. The highest BCUT2D eigenvalue weighted by Gasteiger charge is 2.29. The maximum Gasteiger partial charge on any atom is 0.251 e. The van der Waals surface area contributed by atoms with Crippen LogP contribution < -0.4 is 16.4 Å². The van der Waals surface area contributed by atoms with Crippen LogP contribution in [0.1, 0.15) is 28.8 Å². The molecule has 4 N–H and O–H groups in total. The Hall–Kier alpha value is -1.92. The standard InChI is InChI=1S/C15H21N3O3/c1-17-14(19)11-4-2-3-10(7-11)9-18-15(20)13-6-5-12(8-16)21-13/h2-4,7,12-13H,5-6,8-9,16H2,1H3,(H,17,19)(H,18,20)/t12-,13+/m1/s1. The number of benzene rings is 1. The lowest BCUT2D eigenvalue weighted by molar-refractivity contribution is -0.132. The second-order valence-electron chi connectivity index (χ2n) is 5.06. The number of carbonyl (C=O) groups is 2. The van der Waals surface area contributed by atoms with E-state index in [-0.39, 0.29) is 17.9 Å². The van der Waals surface area contributed by atoms with Crippen molar-refractivity contribution in [3.63, 3.8) is 0 Å². The Morgan fingerprint density at radius 2 is 2.19 bits per heavy atom. The Bertz CT molecular complexity index is 519. The van der Waals surface area contributed by atoms with Gasteiger partial charge in [0, 0.05) is 25.7 Å². The molecule has 1 aliphatic rings. The van der Waals surface area contributed by atoms with Crippen LogP contribution in [0.5, 0.6) is 0 Å². The first-order chi connectivity index (χ1) is 10.1. The van der Waals surface area contributed by atoms with Gasteiger partial charge in [0.05, 0.1) is 6.10 Å². The molecule has 114 valence electrons. The molecule has 0 spiro atoms. The van der Waals surface area contributed by atoms with Crippen molar-refractivity contribution in [3.8, 4) is 0 Å². The van der Waals surface area contributed by atoms with E-state index in [1.165, 1.54) is 0 Å². The van der Waals surface area contributed by atoms with Gasteiger partial charge >= 0.3 is 0 Å². The molecule has 0 radical (unpaired) electrons. The normalized spacial score (nSPS) is 21.0. The van der Waals surface area contributed by atoms with Crippen LogP contribution in [0.3, 0.4) is 0 Å². The zero-order valence-corrected chi connectivity index (χ0v) is 12.1. The van der Waals surface area contributed by atoms with E-state index in [1.54, 1.807) is 25.2 Å². The summed E-state index contributed by atoms with van der Waals surface area (Å²) >= 11 is 0. The molecule has 2 amide bonds. The predicted molar refractivity (Wildman–Crippen MR) is 78.6 cm³/mol. The molecular weight excluding hydrogens is 270 g/mol. The minimum Gasteiger partial charge on any atom is -0.364 e. The van der Waals surface area contributed by atoms with Crippen molar-refractivity contribution in [1.29, 1.82) is 0 Å². The van der Waals surface area contributed by atoms with Crippen LogP contribution in [0.15, 0.2) is 24.3 Å². The van der Waals surface area contributed by atoms with Gasteiger partial charge in [-0.05, 0) is 30.5 Å². The van der Waals surface area contributed by atoms with Gasteiger partial charge in [-0.3, -0.25) is 9.59 Å². The maximum atomic E-state index is 12.0. The van der Waals surface area contributed by atoms with Crippen LogP contribution in [0.25, 0.3) is 0 Å². The van der Waals surface area contributed by atoms with Gasteiger partial charge < -0.3 is 21.1 Å². The minimum absolute atomic E-state index is 0.0164. The molecule has 2 rings (SSSR count). The monoisotopic (exact) mass is 291 g/mol. The van der Waals surface area contributed by atoms with Gasteiger partial charge in [-0.25, -0.2) is 0 Å². The summed E-state index contributed by atoms with van der Waals surface area (Å²) in [6, 6.07) is 7.15. The van der Waals surface area contributed by atoms with E-state index < -0.39 is 6.10 Å². The predicted octanol–water partition coefficient (Wildman–Crippen LogP) is 0.169. The SMILES string of the molecule is CNC(=O)c1cccc(CNC(=O)[C@@H]2CC[C@H](CN)O2)c1. The Morgan fingerprint density at radius 1 is 1.38 bits per heavy atom. The zero-order chi connectivity index (χ0) is 15.2. The van der Waals surface area contributed by atoms with Crippen molar-refractivity contribution in [3.05, 3.63) is 35.4 Å². The lowest BCUT2D eigenvalue weighted by atomic mass is 10.1. The number of hydrogen-bond acceptors (Lipinski definition) is 4. The molecule has 1 aromatic rings. The molecule has 6 nitrogen and oxygen atoms in total. The summed E-state index contributed by atoms with van der Waals surface area (Å²) in [6.45, 7) is 0.814. The molecule has 0 aromatic heterocycles. The molecule has 1 aliphatic heterocycles. The number of rotatable bonds is 5. The maximum absolute atomic E-state index is 12.0. The fraction of sp³-hybridized carbons (Fsp3) is 0.467. The highest BCUT2D eigenvalue weighted by molar-refractivity contribution is 5.94. The second-order valence-corrected chi connectivity index (χ2v) is 5.06. The van der Waals surface area contributed by atoms with Gasteiger partial charge in [0.15, 0.2) is 0 Å². The Kier molecular flexibility index (Phi) is 5.30. The van der Waals surface area contributed by atoms with Crippen molar-refractivity contribution in [1.82, 2.24) is 10.6 Å². The first-order valence-corrected chi connectivity index (χ1v) is 7.08. The second kappa shape index (κ2) is 7.19. The molecule has 6 heteroatoms. The van der Waals surface area contributed by atoms with E-state index in [9.17, 15) is 9.59 Å². The first kappa shape index (κ1) is 15.5. The third kappa shape index (κ3) is 4.03. The third-order valence-corrected chi connectivity index (χ3v) is 3.55. The lowest BCUT2D eigenvalue weighted by Crippen LogP contribution is -2.35. The van der Waals surface area contributed by atoms with Crippen LogP contribution in [0.4, 0.5) is 0 Å². The molecule has 0 bridgehead atoms. The van der Waals surface area contributed by atoms with Crippen molar-refractivity contribution in [2.24, 2.45) is 5.73 Å². The van der Waals surface area contributed by atoms with Crippen LogP contribution in [-0.2, 0) is 16.1 Å². The molecule has 0 aliphatic carbocycles. The van der Waals surface area contributed by atoms with Crippen molar-refractivity contribution in [2.75, 3.05) is 13.6 Å². The van der Waals surface area contributed by atoms with Gasteiger partial charge in [-0.2, -0.15) is 0 Å². The van der Waals surface area contributed by atoms with E-state index in [2.05, 4.69) is 10.6 Å².